The van der Waals surface area contributed by atoms with E-state index in [4.69, 9.17) is 0 Å². The molecule has 8 heteroatoms. The van der Waals surface area contributed by atoms with E-state index in [0.29, 0.717) is 17.9 Å². The van der Waals surface area contributed by atoms with Crippen molar-refractivity contribution >= 4 is 46.7 Å². The minimum Gasteiger partial charge on any atom is -0.326 e. The molecule has 0 aliphatic carbocycles. The van der Waals surface area contributed by atoms with E-state index in [0.717, 1.165) is 23.4 Å². The second kappa shape index (κ2) is 10.8. The molecular formula is C23H26N4O3S. The fourth-order valence-electron chi connectivity index (χ4n) is 2.95. The first-order chi connectivity index (χ1) is 15.0. The molecule has 0 bridgehead atoms. The summed E-state index contributed by atoms with van der Waals surface area (Å²) in [4.78, 5) is 37.5. The second-order valence-corrected chi connectivity index (χ2v) is 8.60. The number of unbranched alkanes of at least 4 members (excludes halogenated alkanes) is 1. The fourth-order valence-corrected chi connectivity index (χ4v) is 3.82. The highest BCUT2D eigenvalue weighted by Crippen LogP contribution is 2.25. The second-order valence-electron chi connectivity index (χ2n) is 7.19. The third-order valence-electron chi connectivity index (χ3n) is 4.62. The standard InChI is InChI=1S/C23H26N4O3S/c1-3-4-10-21(28)24-17-11-13-19(14-12-17)31-16(2)23(30)25-20-15-22(29)27(26-20)18-8-6-5-7-9-18/h5-9,11-14,16H,3-4,10,15H2,1-2H3,(H,24,28)(H,25,26,30). The van der Waals surface area contributed by atoms with Gasteiger partial charge >= 0.3 is 0 Å². The van der Waals surface area contributed by atoms with Crippen LogP contribution in [0, 0.1) is 0 Å². The molecule has 1 aliphatic rings. The first kappa shape index (κ1) is 22.6. The molecule has 0 radical (unpaired) electrons. The lowest BCUT2D eigenvalue weighted by Gasteiger charge is -2.12. The van der Waals surface area contributed by atoms with Crippen molar-refractivity contribution in [2.75, 3.05) is 10.3 Å². The molecule has 1 heterocycles. The van der Waals surface area contributed by atoms with Crippen LogP contribution in [-0.2, 0) is 14.4 Å². The topological polar surface area (TPSA) is 90.9 Å². The van der Waals surface area contributed by atoms with E-state index in [2.05, 4.69) is 15.7 Å². The number of anilines is 2. The molecule has 162 valence electrons. The molecule has 7 nitrogen and oxygen atoms in total. The molecule has 1 unspecified atom stereocenters. The third kappa shape index (κ3) is 6.42. The first-order valence-corrected chi connectivity index (χ1v) is 11.2. The zero-order valence-electron chi connectivity index (χ0n) is 17.6. The molecule has 0 spiro atoms. The van der Waals surface area contributed by atoms with Crippen LogP contribution >= 0.6 is 11.8 Å². The molecule has 2 N–H and O–H groups in total. The number of para-hydroxylation sites is 1. The number of amides is 3. The Labute approximate surface area is 186 Å². The summed E-state index contributed by atoms with van der Waals surface area (Å²) in [6.45, 7) is 3.85. The Morgan fingerprint density at radius 2 is 1.81 bits per heavy atom. The van der Waals surface area contributed by atoms with Crippen LogP contribution in [-0.4, -0.2) is 28.8 Å². The Bertz CT molecular complexity index is 961. The van der Waals surface area contributed by atoms with Gasteiger partial charge in [-0.25, -0.2) is 0 Å². The van der Waals surface area contributed by atoms with Crippen LogP contribution in [0.15, 0.2) is 64.6 Å². The number of thioether (sulfide) groups is 1. The van der Waals surface area contributed by atoms with Gasteiger partial charge in [0.2, 0.25) is 11.8 Å². The third-order valence-corrected chi connectivity index (χ3v) is 5.73. The molecule has 0 aromatic heterocycles. The van der Waals surface area contributed by atoms with Gasteiger partial charge in [-0.05, 0) is 49.7 Å². The van der Waals surface area contributed by atoms with Crippen molar-refractivity contribution in [3.05, 3.63) is 54.6 Å². The van der Waals surface area contributed by atoms with Crippen LogP contribution < -0.4 is 15.6 Å². The van der Waals surface area contributed by atoms with Gasteiger partial charge in [0, 0.05) is 17.0 Å². The Balaban J connectivity index is 1.52. The number of carbonyl (C=O) groups excluding carboxylic acids is 3. The molecular weight excluding hydrogens is 412 g/mol. The number of carbonyl (C=O) groups is 3. The largest absolute Gasteiger partial charge is 0.326 e. The number of amidine groups is 1. The predicted octanol–water partition coefficient (Wildman–Crippen LogP) is 4.16. The van der Waals surface area contributed by atoms with Crippen molar-refractivity contribution in [3.63, 3.8) is 0 Å². The van der Waals surface area contributed by atoms with Crippen molar-refractivity contribution in [1.29, 1.82) is 0 Å². The fraction of sp³-hybridized carbons (Fsp3) is 0.304. The van der Waals surface area contributed by atoms with E-state index in [-0.39, 0.29) is 29.4 Å². The number of hydrazone groups is 1. The number of benzene rings is 2. The minimum absolute atomic E-state index is 0.00595. The Morgan fingerprint density at radius 1 is 1.10 bits per heavy atom. The van der Waals surface area contributed by atoms with Crippen molar-refractivity contribution in [1.82, 2.24) is 5.32 Å². The van der Waals surface area contributed by atoms with Crippen molar-refractivity contribution in [2.45, 2.75) is 49.7 Å². The van der Waals surface area contributed by atoms with E-state index in [1.807, 2.05) is 49.4 Å². The molecule has 3 amide bonds. The Morgan fingerprint density at radius 3 is 2.48 bits per heavy atom. The quantitative estimate of drug-likeness (QED) is 0.606. The Kier molecular flexibility index (Phi) is 7.83. The lowest BCUT2D eigenvalue weighted by atomic mass is 10.2. The lowest BCUT2D eigenvalue weighted by Crippen LogP contribution is -2.35. The Hall–Kier alpha value is -3.13. The van der Waals surface area contributed by atoms with Gasteiger partial charge in [-0.1, -0.05) is 31.5 Å². The number of nitrogens with one attached hydrogen (secondary N) is 2. The van der Waals surface area contributed by atoms with Crippen LogP contribution in [0.3, 0.4) is 0 Å². The van der Waals surface area contributed by atoms with Gasteiger partial charge < -0.3 is 10.6 Å². The van der Waals surface area contributed by atoms with E-state index in [1.54, 1.807) is 19.1 Å². The van der Waals surface area contributed by atoms with Crippen LogP contribution in [0.25, 0.3) is 0 Å². The van der Waals surface area contributed by atoms with Gasteiger partial charge in [-0.3, -0.25) is 14.4 Å². The normalized spacial score (nSPS) is 14.2. The summed E-state index contributed by atoms with van der Waals surface area (Å²) in [5.41, 5.74) is 1.41. The molecule has 3 rings (SSSR count). The SMILES string of the molecule is CCCCC(=O)Nc1ccc(SC(C)C(=O)NC2=NN(c3ccccc3)C(=O)C2)cc1. The average molecular weight is 439 g/mol. The van der Waals surface area contributed by atoms with Crippen LogP contribution in [0.4, 0.5) is 11.4 Å². The van der Waals surface area contributed by atoms with Crippen molar-refractivity contribution in [2.24, 2.45) is 5.10 Å². The zero-order chi connectivity index (χ0) is 22.2. The van der Waals surface area contributed by atoms with E-state index in [9.17, 15) is 14.4 Å². The number of rotatable bonds is 8. The maximum Gasteiger partial charge on any atom is 0.255 e. The van der Waals surface area contributed by atoms with E-state index >= 15 is 0 Å². The molecule has 2 aromatic rings. The maximum absolute atomic E-state index is 12.6. The molecule has 1 atom stereocenters. The monoisotopic (exact) mass is 438 g/mol. The summed E-state index contributed by atoms with van der Waals surface area (Å²) in [6, 6.07) is 16.5. The van der Waals surface area contributed by atoms with Gasteiger partial charge in [-0.2, -0.15) is 10.1 Å². The predicted molar refractivity (Wildman–Crippen MR) is 124 cm³/mol. The number of nitrogens with zero attached hydrogens (tertiary/aromatic N) is 2. The highest BCUT2D eigenvalue weighted by molar-refractivity contribution is 8.00. The van der Waals surface area contributed by atoms with Gasteiger partial charge in [-0.15, -0.1) is 11.8 Å². The maximum atomic E-state index is 12.6. The average Bonchev–Trinajstić information content (AvgIpc) is 3.14. The van der Waals surface area contributed by atoms with E-state index < -0.39 is 0 Å². The summed E-state index contributed by atoms with van der Waals surface area (Å²) >= 11 is 1.40. The number of hydrogen-bond donors (Lipinski definition) is 2. The van der Waals surface area contributed by atoms with Crippen molar-refractivity contribution in [3.8, 4) is 0 Å². The smallest absolute Gasteiger partial charge is 0.255 e. The molecule has 0 fully saturated rings. The van der Waals surface area contributed by atoms with Gasteiger partial charge in [0.1, 0.15) is 5.84 Å². The summed E-state index contributed by atoms with van der Waals surface area (Å²) in [6.07, 6.45) is 2.42. The van der Waals surface area contributed by atoms with Gasteiger partial charge in [0.25, 0.3) is 5.91 Å². The first-order valence-electron chi connectivity index (χ1n) is 10.3. The van der Waals surface area contributed by atoms with Crippen LogP contribution in [0.2, 0.25) is 0 Å². The summed E-state index contributed by atoms with van der Waals surface area (Å²) in [5.74, 6) is -0.0512. The van der Waals surface area contributed by atoms with E-state index in [1.165, 1.54) is 16.8 Å². The van der Waals surface area contributed by atoms with Crippen molar-refractivity contribution < 1.29 is 14.4 Å². The number of hydrogen-bond acceptors (Lipinski definition) is 5. The van der Waals surface area contributed by atoms with Gasteiger partial charge in [0.15, 0.2) is 0 Å². The minimum atomic E-state index is -0.381. The summed E-state index contributed by atoms with van der Waals surface area (Å²) in [5, 5.41) is 10.8. The van der Waals surface area contributed by atoms with Crippen LogP contribution in [0.1, 0.15) is 39.5 Å². The summed E-state index contributed by atoms with van der Waals surface area (Å²) < 4.78 is 0. The molecule has 2 aromatic carbocycles. The molecule has 0 saturated carbocycles. The van der Waals surface area contributed by atoms with Gasteiger partial charge in [0.05, 0.1) is 17.4 Å². The highest BCUT2D eigenvalue weighted by atomic mass is 32.2. The molecule has 0 saturated heterocycles. The lowest BCUT2D eigenvalue weighted by molar-refractivity contribution is -0.119. The zero-order valence-corrected chi connectivity index (χ0v) is 18.4. The highest BCUT2D eigenvalue weighted by Gasteiger charge is 2.27. The van der Waals surface area contributed by atoms with Crippen LogP contribution in [0.5, 0.6) is 0 Å². The molecule has 31 heavy (non-hydrogen) atoms. The molecule has 1 aliphatic heterocycles. The summed E-state index contributed by atoms with van der Waals surface area (Å²) in [7, 11) is 0.